The molecule has 4 heteroatoms. The van der Waals surface area contributed by atoms with Crippen LogP contribution >= 0.6 is 43.2 Å². The van der Waals surface area contributed by atoms with Gasteiger partial charge in [0, 0.05) is 9.35 Å². The van der Waals surface area contributed by atoms with Gasteiger partial charge < -0.3 is 5.11 Å². The molecule has 1 nitrogen and oxygen atoms in total. The van der Waals surface area contributed by atoms with Gasteiger partial charge in [-0.2, -0.15) is 0 Å². The number of aliphatic hydroxyl groups excluding tert-OH is 1. The monoisotopic (exact) mass is 374 g/mol. The first-order valence-corrected chi connectivity index (χ1v) is 7.74. The van der Waals surface area contributed by atoms with Gasteiger partial charge in [-0.25, -0.2) is 0 Å². The molecule has 2 rings (SSSR count). The lowest BCUT2D eigenvalue weighted by atomic mass is 10.1. The summed E-state index contributed by atoms with van der Waals surface area (Å²) in [5.41, 5.74) is 1.26. The van der Waals surface area contributed by atoms with Crippen LogP contribution in [0.1, 0.15) is 23.0 Å². The second-order valence-electron chi connectivity index (χ2n) is 3.80. The van der Waals surface area contributed by atoms with Crippen LogP contribution in [0, 0.1) is 0 Å². The Hall–Kier alpha value is -0.160. The summed E-state index contributed by atoms with van der Waals surface area (Å²) in [5.74, 6) is 0. The van der Waals surface area contributed by atoms with E-state index in [1.54, 1.807) is 11.3 Å². The zero-order valence-electron chi connectivity index (χ0n) is 9.07. The van der Waals surface area contributed by atoms with Gasteiger partial charge in [0.15, 0.2) is 0 Å². The van der Waals surface area contributed by atoms with E-state index >= 15 is 0 Å². The van der Waals surface area contributed by atoms with E-state index in [4.69, 9.17) is 0 Å². The molecule has 0 bridgehead atoms. The van der Waals surface area contributed by atoms with E-state index in [2.05, 4.69) is 44.0 Å². The molecular weight excluding hydrogens is 364 g/mol. The van der Waals surface area contributed by atoms with E-state index in [1.807, 2.05) is 24.3 Å². The average Bonchev–Trinajstić information content (AvgIpc) is 2.67. The third-order valence-corrected chi connectivity index (χ3v) is 5.19. The Balaban J connectivity index is 1.98. The molecule has 0 spiro atoms. The second-order valence-corrected chi connectivity index (χ2v) is 7.12. The van der Waals surface area contributed by atoms with E-state index in [9.17, 15) is 5.11 Å². The lowest BCUT2D eigenvalue weighted by Crippen LogP contribution is -1.97. The summed E-state index contributed by atoms with van der Waals surface area (Å²) >= 11 is 8.47. The van der Waals surface area contributed by atoms with Crippen LogP contribution in [-0.2, 0) is 6.42 Å². The van der Waals surface area contributed by atoms with Gasteiger partial charge in [0.2, 0.25) is 0 Å². The lowest BCUT2D eigenvalue weighted by Gasteiger charge is -2.09. The number of benzene rings is 1. The topological polar surface area (TPSA) is 20.2 Å². The molecule has 0 radical (unpaired) electrons. The molecule has 0 fully saturated rings. The van der Waals surface area contributed by atoms with Crippen molar-refractivity contribution in [2.45, 2.75) is 18.9 Å². The van der Waals surface area contributed by atoms with Gasteiger partial charge >= 0.3 is 0 Å². The number of thiophene rings is 1. The number of rotatable bonds is 4. The normalized spacial score (nSPS) is 12.6. The van der Waals surface area contributed by atoms with Crippen molar-refractivity contribution in [2.24, 2.45) is 0 Å². The third kappa shape index (κ3) is 3.65. The van der Waals surface area contributed by atoms with Crippen LogP contribution in [0.2, 0.25) is 0 Å². The standard InChI is InChI=1S/C13H12Br2OS/c14-10-8-12(15)17-13(10)11(16)7-6-9-4-2-1-3-5-9/h1-5,8,11,16H,6-7H2. The number of aliphatic hydroxyl groups is 1. The fraction of sp³-hybridized carbons (Fsp3) is 0.231. The molecule has 1 atom stereocenters. The van der Waals surface area contributed by atoms with E-state index < -0.39 is 6.10 Å². The van der Waals surface area contributed by atoms with Crippen LogP contribution in [0.15, 0.2) is 44.7 Å². The number of halogens is 2. The molecule has 1 aromatic heterocycles. The van der Waals surface area contributed by atoms with Crippen molar-refractivity contribution in [1.29, 1.82) is 0 Å². The van der Waals surface area contributed by atoms with E-state index in [0.29, 0.717) is 0 Å². The van der Waals surface area contributed by atoms with Crippen LogP contribution in [0.5, 0.6) is 0 Å². The fourth-order valence-electron chi connectivity index (χ4n) is 1.66. The maximum Gasteiger partial charge on any atom is 0.0896 e. The largest absolute Gasteiger partial charge is 0.388 e. The average molecular weight is 376 g/mol. The molecule has 1 heterocycles. The third-order valence-electron chi connectivity index (χ3n) is 2.53. The summed E-state index contributed by atoms with van der Waals surface area (Å²) in [4.78, 5) is 0.993. The molecule has 0 saturated heterocycles. The molecule has 0 saturated carbocycles. The Morgan fingerprint density at radius 1 is 1.18 bits per heavy atom. The highest BCUT2D eigenvalue weighted by Crippen LogP contribution is 2.37. The smallest absolute Gasteiger partial charge is 0.0896 e. The van der Waals surface area contributed by atoms with Crippen molar-refractivity contribution in [1.82, 2.24) is 0 Å². The number of aryl methyl sites for hydroxylation is 1. The summed E-state index contributed by atoms with van der Waals surface area (Å²) < 4.78 is 2.02. The minimum atomic E-state index is -0.402. The molecule has 0 amide bonds. The lowest BCUT2D eigenvalue weighted by molar-refractivity contribution is 0.171. The number of hydrogen-bond acceptors (Lipinski definition) is 2. The maximum atomic E-state index is 10.1. The van der Waals surface area contributed by atoms with Gasteiger partial charge in [-0.15, -0.1) is 11.3 Å². The van der Waals surface area contributed by atoms with Gasteiger partial charge in [0.1, 0.15) is 0 Å². The first-order valence-electron chi connectivity index (χ1n) is 5.33. The Bertz CT molecular complexity index is 481. The molecule has 17 heavy (non-hydrogen) atoms. The minimum Gasteiger partial charge on any atom is -0.388 e. The van der Waals surface area contributed by atoms with Crippen LogP contribution in [0.4, 0.5) is 0 Å². The number of hydrogen-bond donors (Lipinski definition) is 1. The summed E-state index contributed by atoms with van der Waals surface area (Å²) in [6.45, 7) is 0. The van der Waals surface area contributed by atoms with Crippen molar-refractivity contribution in [3.63, 3.8) is 0 Å². The summed E-state index contributed by atoms with van der Waals surface area (Å²) in [6.07, 6.45) is 1.24. The highest BCUT2D eigenvalue weighted by atomic mass is 79.9. The zero-order chi connectivity index (χ0) is 12.3. The predicted octanol–water partition coefficient (Wildman–Crippen LogP) is 4.94. The van der Waals surface area contributed by atoms with Crippen molar-refractivity contribution in [3.8, 4) is 0 Å². The Kier molecular flexibility index (Phi) is 4.79. The Morgan fingerprint density at radius 2 is 1.88 bits per heavy atom. The SMILES string of the molecule is OC(CCc1ccccc1)c1sc(Br)cc1Br. The predicted molar refractivity (Wildman–Crippen MR) is 79.4 cm³/mol. The zero-order valence-corrected chi connectivity index (χ0v) is 13.1. The highest BCUT2D eigenvalue weighted by Gasteiger charge is 2.14. The molecule has 0 aliphatic rings. The molecule has 0 aliphatic carbocycles. The summed E-state index contributed by atoms with van der Waals surface area (Å²) in [6, 6.07) is 12.2. The van der Waals surface area contributed by atoms with Crippen molar-refractivity contribution in [3.05, 3.63) is 55.1 Å². The first kappa shape index (κ1) is 13.3. The van der Waals surface area contributed by atoms with E-state index in [1.165, 1.54) is 5.56 Å². The maximum absolute atomic E-state index is 10.1. The van der Waals surface area contributed by atoms with E-state index in [-0.39, 0.29) is 0 Å². The van der Waals surface area contributed by atoms with E-state index in [0.717, 1.165) is 26.0 Å². The van der Waals surface area contributed by atoms with Crippen LogP contribution in [0.3, 0.4) is 0 Å². The summed E-state index contributed by atoms with van der Waals surface area (Å²) in [7, 11) is 0. The summed E-state index contributed by atoms with van der Waals surface area (Å²) in [5, 5.41) is 10.1. The first-order chi connectivity index (χ1) is 8.16. The van der Waals surface area contributed by atoms with Crippen LogP contribution in [-0.4, -0.2) is 5.11 Å². The molecular formula is C13H12Br2OS. The molecule has 0 aliphatic heterocycles. The minimum absolute atomic E-state index is 0.402. The molecule has 1 unspecified atom stereocenters. The van der Waals surface area contributed by atoms with Crippen molar-refractivity contribution in [2.75, 3.05) is 0 Å². The van der Waals surface area contributed by atoms with Gasteiger partial charge in [0.05, 0.1) is 9.89 Å². The molecule has 90 valence electrons. The fourth-order valence-corrected chi connectivity index (χ4v) is 4.40. The Morgan fingerprint density at radius 3 is 2.47 bits per heavy atom. The van der Waals surface area contributed by atoms with Gasteiger partial charge in [-0.05, 0) is 56.3 Å². The van der Waals surface area contributed by atoms with Gasteiger partial charge in [-0.1, -0.05) is 30.3 Å². The van der Waals surface area contributed by atoms with Crippen molar-refractivity contribution < 1.29 is 5.11 Å². The molecule has 1 N–H and O–H groups in total. The van der Waals surface area contributed by atoms with Crippen molar-refractivity contribution >= 4 is 43.2 Å². The Labute approximate surface area is 122 Å². The van der Waals surface area contributed by atoms with Gasteiger partial charge in [-0.3, -0.25) is 0 Å². The van der Waals surface area contributed by atoms with Crippen LogP contribution in [0.25, 0.3) is 0 Å². The highest BCUT2D eigenvalue weighted by molar-refractivity contribution is 9.11. The molecule has 1 aromatic carbocycles. The van der Waals surface area contributed by atoms with Crippen LogP contribution < -0.4 is 0 Å². The molecule has 2 aromatic rings. The van der Waals surface area contributed by atoms with Gasteiger partial charge in [0.25, 0.3) is 0 Å². The quantitative estimate of drug-likeness (QED) is 0.802. The second kappa shape index (κ2) is 6.14.